The molecule has 2 aromatic rings. The van der Waals surface area contributed by atoms with E-state index in [2.05, 4.69) is 9.98 Å². The van der Waals surface area contributed by atoms with Crippen LogP contribution in [0.25, 0.3) is 0 Å². The summed E-state index contributed by atoms with van der Waals surface area (Å²) in [6.07, 6.45) is 2.66. The van der Waals surface area contributed by atoms with Crippen molar-refractivity contribution in [3.63, 3.8) is 0 Å². The van der Waals surface area contributed by atoms with Crippen LogP contribution in [0.15, 0.2) is 46.4 Å². The molecular formula is C17H14ClF4N3. The van der Waals surface area contributed by atoms with Gasteiger partial charge in [-0.3, -0.25) is 9.98 Å². The summed E-state index contributed by atoms with van der Waals surface area (Å²) in [6.45, 7) is 0.0717. The fourth-order valence-corrected chi connectivity index (χ4v) is 1.76. The van der Waals surface area contributed by atoms with Gasteiger partial charge in [-0.15, -0.1) is 12.4 Å². The predicted molar refractivity (Wildman–Crippen MR) is 92.6 cm³/mol. The van der Waals surface area contributed by atoms with E-state index in [0.29, 0.717) is 11.1 Å². The van der Waals surface area contributed by atoms with Crippen molar-refractivity contribution >= 4 is 30.5 Å². The van der Waals surface area contributed by atoms with Crippen molar-refractivity contribution < 1.29 is 17.6 Å². The Balaban J connectivity index is 0.00000312. The Labute approximate surface area is 148 Å². The van der Waals surface area contributed by atoms with Crippen molar-refractivity contribution in [1.29, 1.82) is 5.41 Å². The van der Waals surface area contributed by atoms with E-state index in [1.165, 1.54) is 24.6 Å². The van der Waals surface area contributed by atoms with Gasteiger partial charge in [0.05, 0.1) is 18.8 Å². The predicted octanol–water partition coefficient (Wildman–Crippen LogP) is 4.22. The normalized spacial score (nSPS) is 11.0. The first-order valence-electron chi connectivity index (χ1n) is 6.92. The molecule has 0 spiro atoms. The lowest BCUT2D eigenvalue weighted by molar-refractivity contribution is 0.508. The van der Waals surface area contributed by atoms with Crippen LogP contribution >= 0.6 is 12.4 Å². The average Bonchev–Trinajstić information content (AvgIpc) is 2.54. The van der Waals surface area contributed by atoms with Crippen molar-refractivity contribution in [2.75, 3.05) is 13.1 Å². The number of benzene rings is 2. The van der Waals surface area contributed by atoms with Gasteiger partial charge in [0.2, 0.25) is 0 Å². The van der Waals surface area contributed by atoms with Gasteiger partial charge in [0.15, 0.2) is 23.3 Å². The smallest absolute Gasteiger partial charge is 0.159 e. The van der Waals surface area contributed by atoms with Crippen LogP contribution in [-0.2, 0) is 0 Å². The van der Waals surface area contributed by atoms with Gasteiger partial charge in [0.25, 0.3) is 0 Å². The van der Waals surface area contributed by atoms with Crippen molar-refractivity contribution in [3.05, 3.63) is 70.8 Å². The van der Waals surface area contributed by atoms with Gasteiger partial charge < -0.3 is 5.41 Å². The van der Waals surface area contributed by atoms with E-state index in [-0.39, 0.29) is 31.2 Å². The van der Waals surface area contributed by atoms with Crippen LogP contribution < -0.4 is 0 Å². The Morgan fingerprint density at radius 3 is 1.52 bits per heavy atom. The maximum atomic E-state index is 13.0. The molecule has 0 heterocycles. The van der Waals surface area contributed by atoms with Crippen molar-refractivity contribution in [2.45, 2.75) is 0 Å². The zero-order valence-electron chi connectivity index (χ0n) is 12.8. The lowest BCUT2D eigenvalue weighted by atomic mass is 10.2. The largest absolute Gasteiger partial charge is 0.306 e. The van der Waals surface area contributed by atoms with Crippen molar-refractivity contribution in [2.24, 2.45) is 9.98 Å². The Morgan fingerprint density at radius 1 is 0.760 bits per heavy atom. The minimum Gasteiger partial charge on any atom is -0.306 e. The number of hydrogen-bond acceptors (Lipinski definition) is 3. The maximum Gasteiger partial charge on any atom is 0.159 e. The van der Waals surface area contributed by atoms with Crippen LogP contribution in [0.2, 0.25) is 0 Å². The van der Waals surface area contributed by atoms with Crippen LogP contribution in [0.3, 0.4) is 0 Å². The van der Waals surface area contributed by atoms with Gasteiger partial charge in [-0.05, 0) is 35.4 Å². The molecular weight excluding hydrogens is 358 g/mol. The highest BCUT2D eigenvalue weighted by Crippen LogP contribution is 2.07. The molecule has 0 saturated carbocycles. The molecule has 0 aromatic heterocycles. The number of halogens is 5. The molecule has 0 radical (unpaired) electrons. The van der Waals surface area contributed by atoms with Crippen molar-refractivity contribution in [3.8, 4) is 0 Å². The van der Waals surface area contributed by atoms with Crippen molar-refractivity contribution in [1.82, 2.24) is 0 Å². The fraction of sp³-hybridized carbons (Fsp3) is 0.118. The van der Waals surface area contributed by atoms with Gasteiger partial charge in [-0.1, -0.05) is 12.1 Å². The van der Waals surface area contributed by atoms with E-state index in [1.807, 2.05) is 0 Å². The Bertz CT molecular complexity index is 741. The number of aliphatic imine (C=N–C) groups is 2. The Morgan fingerprint density at radius 2 is 1.16 bits per heavy atom. The maximum absolute atomic E-state index is 13.0. The van der Waals surface area contributed by atoms with Gasteiger partial charge in [-0.2, -0.15) is 0 Å². The minimum absolute atomic E-state index is 0. The van der Waals surface area contributed by atoms with Crippen LogP contribution in [0, 0.1) is 28.7 Å². The quantitative estimate of drug-likeness (QED) is 0.584. The first kappa shape index (κ1) is 20.5. The zero-order valence-corrected chi connectivity index (χ0v) is 13.7. The number of nitrogens with one attached hydrogen (secondary N) is 1. The molecule has 132 valence electrons. The molecule has 0 aliphatic heterocycles. The van der Waals surface area contributed by atoms with Crippen LogP contribution in [-0.4, -0.2) is 31.2 Å². The number of nitrogens with zero attached hydrogens (tertiary/aromatic N) is 2. The average molecular weight is 372 g/mol. The van der Waals surface area contributed by atoms with E-state index >= 15 is 0 Å². The summed E-state index contributed by atoms with van der Waals surface area (Å²) >= 11 is 0. The summed E-state index contributed by atoms with van der Waals surface area (Å²) < 4.78 is 51.5. The fourth-order valence-electron chi connectivity index (χ4n) is 1.76. The second-order valence-corrected chi connectivity index (χ2v) is 4.89. The van der Waals surface area contributed by atoms with Gasteiger partial charge in [0.1, 0.15) is 0 Å². The first-order valence-corrected chi connectivity index (χ1v) is 6.92. The zero-order chi connectivity index (χ0) is 17.5. The summed E-state index contributed by atoms with van der Waals surface area (Å²) in [6, 6.07) is 6.73. The van der Waals surface area contributed by atoms with Gasteiger partial charge >= 0.3 is 0 Å². The summed E-state index contributed by atoms with van der Waals surface area (Å²) in [5.74, 6) is -3.81. The molecule has 0 fully saturated rings. The Hall–Kier alpha value is -2.54. The highest BCUT2D eigenvalue weighted by atomic mass is 35.5. The molecule has 0 aliphatic carbocycles. The molecule has 0 unspecified atom stereocenters. The topological polar surface area (TPSA) is 48.6 Å². The van der Waals surface area contributed by atoms with Crippen LogP contribution in [0.4, 0.5) is 17.6 Å². The molecule has 0 bridgehead atoms. The standard InChI is InChI=1S/C17H13F4N3.ClH/c18-14-3-1-11(5-16(14)20)7-23-9-13(22)10-24-8-12-2-4-15(19)17(21)6-12;/h1-8,22H,9-10H2;1H. The summed E-state index contributed by atoms with van der Waals surface area (Å²) in [7, 11) is 0. The highest BCUT2D eigenvalue weighted by Gasteiger charge is 2.01. The lowest BCUT2D eigenvalue weighted by Gasteiger charge is -1.98. The summed E-state index contributed by atoms with van der Waals surface area (Å²) in [5, 5.41) is 7.68. The molecule has 0 atom stereocenters. The van der Waals surface area contributed by atoms with E-state index < -0.39 is 23.3 Å². The lowest BCUT2D eigenvalue weighted by Crippen LogP contribution is -2.06. The summed E-state index contributed by atoms with van der Waals surface area (Å²) in [5.41, 5.74) is 0.937. The molecule has 3 nitrogen and oxygen atoms in total. The number of hydrogen-bond donors (Lipinski definition) is 1. The molecule has 0 saturated heterocycles. The highest BCUT2D eigenvalue weighted by molar-refractivity contribution is 5.90. The molecule has 25 heavy (non-hydrogen) atoms. The second-order valence-electron chi connectivity index (χ2n) is 4.89. The van der Waals surface area contributed by atoms with E-state index in [4.69, 9.17) is 5.41 Å². The molecule has 8 heteroatoms. The summed E-state index contributed by atoms with van der Waals surface area (Å²) in [4.78, 5) is 7.88. The third kappa shape index (κ3) is 6.46. The third-order valence-electron chi connectivity index (χ3n) is 2.93. The SMILES string of the molecule is Cl.N=C(CN=Cc1ccc(F)c(F)c1)CN=Cc1ccc(F)c(F)c1. The molecule has 1 N–H and O–H groups in total. The monoisotopic (exact) mass is 371 g/mol. The van der Waals surface area contributed by atoms with E-state index in [9.17, 15) is 17.6 Å². The van der Waals surface area contributed by atoms with Gasteiger partial charge in [0, 0.05) is 12.4 Å². The molecule has 2 rings (SSSR count). The van der Waals surface area contributed by atoms with Gasteiger partial charge in [-0.25, -0.2) is 17.6 Å². The number of rotatable bonds is 6. The molecule has 0 amide bonds. The van der Waals surface area contributed by atoms with E-state index in [1.54, 1.807) is 0 Å². The Kier molecular flexibility index (Phi) is 7.94. The second kappa shape index (κ2) is 9.68. The molecule has 0 aliphatic rings. The van der Waals surface area contributed by atoms with E-state index in [0.717, 1.165) is 24.3 Å². The third-order valence-corrected chi connectivity index (χ3v) is 2.93. The van der Waals surface area contributed by atoms with Crippen LogP contribution in [0.1, 0.15) is 11.1 Å². The minimum atomic E-state index is -0.967. The first-order chi connectivity index (χ1) is 11.5. The van der Waals surface area contributed by atoms with Crippen LogP contribution in [0.5, 0.6) is 0 Å². The molecule has 2 aromatic carbocycles.